The maximum atomic E-state index is 13.0. The summed E-state index contributed by atoms with van der Waals surface area (Å²) in [5, 5.41) is 4.71. The molecule has 178 valence electrons. The number of sulfonamides is 1. The molecule has 7 nitrogen and oxygen atoms in total. The summed E-state index contributed by atoms with van der Waals surface area (Å²) in [7, 11) is -2.43. The summed E-state index contributed by atoms with van der Waals surface area (Å²) in [4.78, 5) is 26.5. The minimum Gasteiger partial charge on any atom is -0.332 e. The first-order valence-electron chi connectivity index (χ1n) is 10.6. The monoisotopic (exact) mass is 491 g/mol. The van der Waals surface area contributed by atoms with Gasteiger partial charge in [-0.25, -0.2) is 12.8 Å². The van der Waals surface area contributed by atoms with Crippen LogP contribution < -0.4 is 10.0 Å². The zero-order chi connectivity index (χ0) is 25.0. The van der Waals surface area contributed by atoms with E-state index in [1.54, 1.807) is 6.07 Å². The van der Waals surface area contributed by atoms with Crippen molar-refractivity contribution in [3.8, 4) is 0 Å². The van der Waals surface area contributed by atoms with Crippen molar-refractivity contribution in [2.75, 3.05) is 23.6 Å². The van der Waals surface area contributed by atoms with Crippen molar-refractivity contribution in [3.05, 3.63) is 102 Å². The van der Waals surface area contributed by atoms with Crippen LogP contribution in [0.15, 0.2) is 95.9 Å². The Morgan fingerprint density at radius 2 is 1.51 bits per heavy atom. The number of amides is 2. The Balaban J connectivity index is 1.40. The first kappa shape index (κ1) is 23.9. The quantitative estimate of drug-likeness (QED) is 0.398. The van der Waals surface area contributed by atoms with Crippen LogP contribution in [-0.2, 0) is 14.8 Å². The highest BCUT2D eigenvalue weighted by molar-refractivity contribution is 7.92. The molecule has 0 radical (unpaired) electrons. The minimum absolute atomic E-state index is 0.0604. The molecule has 0 aromatic heterocycles. The Morgan fingerprint density at radius 3 is 2.23 bits per heavy atom. The third kappa shape index (κ3) is 5.64. The molecular formula is C26H22FN3O4S. The average molecular weight is 492 g/mol. The molecule has 0 saturated heterocycles. The van der Waals surface area contributed by atoms with Crippen LogP contribution >= 0.6 is 0 Å². The van der Waals surface area contributed by atoms with E-state index in [-0.39, 0.29) is 28.6 Å². The third-order valence-electron chi connectivity index (χ3n) is 5.30. The molecule has 0 aliphatic carbocycles. The fourth-order valence-electron chi connectivity index (χ4n) is 3.54. The number of hydrogen-bond donors (Lipinski definition) is 2. The van der Waals surface area contributed by atoms with Crippen molar-refractivity contribution < 1.29 is 22.4 Å². The second-order valence-corrected chi connectivity index (χ2v) is 9.56. The summed E-state index contributed by atoms with van der Waals surface area (Å²) >= 11 is 0. The number of carbonyl (C=O) groups is 2. The average Bonchev–Trinajstić information content (AvgIpc) is 2.85. The van der Waals surface area contributed by atoms with Gasteiger partial charge in [0.15, 0.2) is 0 Å². The van der Waals surface area contributed by atoms with Crippen molar-refractivity contribution >= 4 is 44.0 Å². The van der Waals surface area contributed by atoms with Crippen LogP contribution in [0, 0.1) is 5.82 Å². The van der Waals surface area contributed by atoms with E-state index in [0.29, 0.717) is 5.69 Å². The van der Waals surface area contributed by atoms with Crippen LogP contribution in [0.2, 0.25) is 0 Å². The van der Waals surface area contributed by atoms with E-state index in [0.717, 1.165) is 22.9 Å². The molecule has 35 heavy (non-hydrogen) atoms. The molecule has 0 bridgehead atoms. The molecule has 0 saturated carbocycles. The maximum Gasteiger partial charge on any atom is 0.261 e. The summed E-state index contributed by atoms with van der Waals surface area (Å²) < 4.78 is 40.5. The molecule has 0 unspecified atom stereocenters. The molecule has 4 aromatic rings. The second kappa shape index (κ2) is 9.94. The Morgan fingerprint density at radius 1 is 0.857 bits per heavy atom. The van der Waals surface area contributed by atoms with Gasteiger partial charge in [0.1, 0.15) is 5.82 Å². The standard InChI is InChI=1S/C26H22FN3O4S/c1-30(17-25(31)28-24-8-4-6-18-5-2-3-7-23(18)24)26(32)19-9-15-22(16-10-19)35(33,34)29-21-13-11-20(27)12-14-21/h2-16,29H,17H2,1H3,(H,28,31). The van der Waals surface area contributed by atoms with Gasteiger partial charge in [0.2, 0.25) is 5.91 Å². The number of halogens is 1. The molecule has 0 fully saturated rings. The Bertz CT molecular complexity index is 1480. The zero-order valence-corrected chi connectivity index (χ0v) is 19.6. The first-order chi connectivity index (χ1) is 16.7. The lowest BCUT2D eigenvalue weighted by Crippen LogP contribution is -2.35. The highest BCUT2D eigenvalue weighted by atomic mass is 32.2. The number of fused-ring (bicyclic) bond motifs is 1. The van der Waals surface area contributed by atoms with Crippen LogP contribution in [-0.4, -0.2) is 38.7 Å². The van der Waals surface area contributed by atoms with Crippen LogP contribution in [0.1, 0.15) is 10.4 Å². The molecule has 0 spiro atoms. The van der Waals surface area contributed by atoms with Crippen molar-refractivity contribution in [2.24, 2.45) is 0 Å². The summed E-state index contributed by atoms with van der Waals surface area (Å²) in [6, 6.07) is 23.5. The van der Waals surface area contributed by atoms with Crippen LogP contribution in [0.25, 0.3) is 10.8 Å². The number of nitrogens with zero attached hydrogens (tertiary/aromatic N) is 1. The van der Waals surface area contributed by atoms with Crippen LogP contribution in [0.5, 0.6) is 0 Å². The summed E-state index contributed by atoms with van der Waals surface area (Å²) in [5.74, 6) is -1.28. The number of carbonyl (C=O) groups excluding carboxylic acids is 2. The fraction of sp³-hybridized carbons (Fsp3) is 0.0769. The van der Waals surface area contributed by atoms with E-state index in [9.17, 15) is 22.4 Å². The maximum absolute atomic E-state index is 13.0. The van der Waals surface area contributed by atoms with Crippen molar-refractivity contribution in [1.29, 1.82) is 0 Å². The molecule has 4 rings (SSSR count). The van der Waals surface area contributed by atoms with Gasteiger partial charge < -0.3 is 10.2 Å². The number of likely N-dealkylation sites (N-methyl/N-ethyl adjacent to an activating group) is 1. The normalized spacial score (nSPS) is 11.1. The lowest BCUT2D eigenvalue weighted by atomic mass is 10.1. The molecule has 0 atom stereocenters. The molecule has 0 aliphatic heterocycles. The van der Waals surface area contributed by atoms with E-state index in [2.05, 4.69) is 10.0 Å². The molecular weight excluding hydrogens is 469 g/mol. The smallest absolute Gasteiger partial charge is 0.261 e. The van der Waals surface area contributed by atoms with Gasteiger partial charge >= 0.3 is 0 Å². The van der Waals surface area contributed by atoms with Crippen LogP contribution in [0.3, 0.4) is 0 Å². The Kier molecular flexibility index (Phi) is 6.79. The lowest BCUT2D eigenvalue weighted by Gasteiger charge is -2.17. The van der Waals surface area contributed by atoms with Crippen molar-refractivity contribution in [2.45, 2.75) is 4.90 Å². The Hall–Kier alpha value is -4.24. The topological polar surface area (TPSA) is 95.6 Å². The van der Waals surface area contributed by atoms with Gasteiger partial charge in [0.25, 0.3) is 15.9 Å². The van der Waals surface area contributed by atoms with Gasteiger partial charge in [0, 0.05) is 29.4 Å². The van der Waals surface area contributed by atoms with E-state index < -0.39 is 21.7 Å². The van der Waals surface area contributed by atoms with Gasteiger partial charge in [-0.2, -0.15) is 0 Å². The van der Waals surface area contributed by atoms with Crippen LogP contribution in [0.4, 0.5) is 15.8 Å². The minimum atomic E-state index is -3.92. The van der Waals surface area contributed by atoms with E-state index in [1.807, 2.05) is 36.4 Å². The van der Waals surface area contributed by atoms with Gasteiger partial charge in [-0.05, 0) is 60.0 Å². The summed E-state index contributed by atoms with van der Waals surface area (Å²) in [6.07, 6.45) is 0. The zero-order valence-electron chi connectivity index (χ0n) is 18.7. The molecule has 0 aliphatic rings. The fourth-order valence-corrected chi connectivity index (χ4v) is 4.60. The predicted molar refractivity (Wildman–Crippen MR) is 133 cm³/mol. The highest BCUT2D eigenvalue weighted by Gasteiger charge is 2.18. The Labute approximate surface area is 202 Å². The summed E-state index contributed by atoms with van der Waals surface area (Å²) in [6.45, 7) is -0.186. The molecule has 0 heterocycles. The predicted octanol–water partition coefficient (Wildman–Crippen LogP) is 4.49. The van der Waals surface area contributed by atoms with Gasteiger partial charge in [-0.1, -0.05) is 36.4 Å². The van der Waals surface area contributed by atoms with Gasteiger partial charge in [-0.3, -0.25) is 14.3 Å². The van der Waals surface area contributed by atoms with Gasteiger partial charge in [-0.15, -0.1) is 0 Å². The van der Waals surface area contributed by atoms with E-state index in [1.165, 1.54) is 48.3 Å². The van der Waals surface area contributed by atoms with E-state index >= 15 is 0 Å². The number of rotatable bonds is 7. The number of nitrogens with one attached hydrogen (secondary N) is 2. The second-order valence-electron chi connectivity index (χ2n) is 7.87. The molecule has 2 amide bonds. The number of anilines is 2. The highest BCUT2D eigenvalue weighted by Crippen LogP contribution is 2.23. The molecule has 9 heteroatoms. The first-order valence-corrected chi connectivity index (χ1v) is 12.1. The summed E-state index contributed by atoms with van der Waals surface area (Å²) in [5.41, 5.74) is 1.09. The third-order valence-corrected chi connectivity index (χ3v) is 6.70. The number of benzene rings is 4. The lowest BCUT2D eigenvalue weighted by molar-refractivity contribution is -0.116. The number of hydrogen-bond acceptors (Lipinski definition) is 4. The van der Waals surface area contributed by atoms with Gasteiger partial charge in [0.05, 0.1) is 11.4 Å². The van der Waals surface area contributed by atoms with E-state index in [4.69, 9.17) is 0 Å². The largest absolute Gasteiger partial charge is 0.332 e. The SMILES string of the molecule is CN(CC(=O)Nc1cccc2ccccc12)C(=O)c1ccc(S(=O)(=O)Nc2ccc(F)cc2)cc1. The molecule has 4 aromatic carbocycles. The van der Waals surface area contributed by atoms with Crippen molar-refractivity contribution in [1.82, 2.24) is 4.90 Å². The van der Waals surface area contributed by atoms with Crippen molar-refractivity contribution in [3.63, 3.8) is 0 Å². The molecule has 2 N–H and O–H groups in total.